The highest BCUT2D eigenvalue weighted by Crippen LogP contribution is 2.39. The number of anilines is 1. The minimum Gasteiger partial charge on any atom is -0.367 e. The Bertz CT molecular complexity index is 571. The highest BCUT2D eigenvalue weighted by molar-refractivity contribution is 5.75. The summed E-state index contributed by atoms with van der Waals surface area (Å²) in [6.07, 6.45) is -4.59. The van der Waals surface area contributed by atoms with Gasteiger partial charge in [0, 0.05) is 0 Å². The summed E-state index contributed by atoms with van der Waals surface area (Å²) in [6, 6.07) is 6.72. The van der Waals surface area contributed by atoms with Crippen molar-refractivity contribution in [3.8, 4) is 11.1 Å². The molecule has 0 saturated carbocycles. The largest absolute Gasteiger partial charge is 0.437 e. The lowest BCUT2D eigenvalue weighted by molar-refractivity contribution is -0.142. The number of nitrogen functional groups attached to an aromatic ring is 1. The number of hydrogen-bond donors (Lipinski definition) is 1. The monoisotopic (exact) mass is 270 g/mol. The Morgan fingerprint density at radius 1 is 1.16 bits per heavy atom. The maximum atomic E-state index is 12.8. The minimum absolute atomic E-state index is 0.206. The van der Waals surface area contributed by atoms with Gasteiger partial charge in [0.05, 0.1) is 5.56 Å². The second-order valence-electron chi connectivity index (χ2n) is 4.54. The minimum atomic E-state index is -4.59. The van der Waals surface area contributed by atoms with Crippen molar-refractivity contribution in [3.05, 3.63) is 35.5 Å². The SMILES string of the molecule is CC(C)c1ccc(-c2c(C(F)(F)F)noc2N)cc1. The summed E-state index contributed by atoms with van der Waals surface area (Å²) < 4.78 is 42.8. The molecule has 6 heteroatoms. The molecule has 1 heterocycles. The summed E-state index contributed by atoms with van der Waals surface area (Å²) in [5.74, 6) is -0.0272. The standard InChI is InChI=1S/C13H13F3N2O/c1-7(2)8-3-5-9(6-4-8)10-11(13(14,15)16)18-19-12(10)17/h3-7H,17H2,1-2H3. The lowest BCUT2D eigenvalue weighted by atomic mass is 9.98. The molecule has 0 aliphatic carbocycles. The summed E-state index contributed by atoms with van der Waals surface area (Å²) in [4.78, 5) is 0. The molecular formula is C13H13F3N2O. The molecule has 0 aliphatic rings. The molecule has 0 fully saturated rings. The molecule has 0 unspecified atom stereocenters. The van der Waals surface area contributed by atoms with E-state index in [2.05, 4.69) is 9.68 Å². The molecule has 0 atom stereocenters. The Hall–Kier alpha value is -1.98. The van der Waals surface area contributed by atoms with E-state index in [4.69, 9.17) is 5.73 Å². The highest BCUT2D eigenvalue weighted by Gasteiger charge is 2.39. The van der Waals surface area contributed by atoms with Crippen LogP contribution in [0.5, 0.6) is 0 Å². The van der Waals surface area contributed by atoms with Gasteiger partial charge in [-0.05, 0) is 17.0 Å². The van der Waals surface area contributed by atoms with Gasteiger partial charge >= 0.3 is 6.18 Å². The Morgan fingerprint density at radius 3 is 2.21 bits per heavy atom. The zero-order chi connectivity index (χ0) is 14.2. The summed E-state index contributed by atoms with van der Waals surface area (Å²) in [5.41, 5.74) is 5.52. The summed E-state index contributed by atoms with van der Waals surface area (Å²) in [6.45, 7) is 4.01. The molecule has 1 aromatic heterocycles. The van der Waals surface area contributed by atoms with Crippen LogP contribution in [0.1, 0.15) is 31.0 Å². The van der Waals surface area contributed by atoms with Crippen LogP contribution in [-0.2, 0) is 6.18 Å². The number of alkyl halides is 3. The van der Waals surface area contributed by atoms with Gasteiger partial charge in [-0.3, -0.25) is 0 Å². The van der Waals surface area contributed by atoms with E-state index in [1.54, 1.807) is 24.3 Å². The molecule has 2 rings (SSSR count). The average Bonchev–Trinajstić information content (AvgIpc) is 2.71. The van der Waals surface area contributed by atoms with Crippen LogP contribution >= 0.6 is 0 Å². The molecular weight excluding hydrogens is 257 g/mol. The van der Waals surface area contributed by atoms with Crippen molar-refractivity contribution in [1.29, 1.82) is 0 Å². The van der Waals surface area contributed by atoms with Gasteiger partial charge in [0.25, 0.3) is 0 Å². The van der Waals surface area contributed by atoms with Gasteiger partial charge in [-0.15, -0.1) is 0 Å². The Morgan fingerprint density at radius 2 is 1.74 bits per heavy atom. The molecule has 3 nitrogen and oxygen atoms in total. The quantitative estimate of drug-likeness (QED) is 0.895. The van der Waals surface area contributed by atoms with E-state index >= 15 is 0 Å². The van der Waals surface area contributed by atoms with Gasteiger partial charge in [0.2, 0.25) is 5.88 Å². The van der Waals surface area contributed by atoms with E-state index in [9.17, 15) is 13.2 Å². The summed E-state index contributed by atoms with van der Waals surface area (Å²) in [5, 5.41) is 3.00. The van der Waals surface area contributed by atoms with Gasteiger partial charge < -0.3 is 10.3 Å². The van der Waals surface area contributed by atoms with Crippen molar-refractivity contribution in [2.45, 2.75) is 25.9 Å². The van der Waals surface area contributed by atoms with Gasteiger partial charge in [0.15, 0.2) is 5.69 Å². The zero-order valence-electron chi connectivity index (χ0n) is 10.5. The molecule has 102 valence electrons. The van der Waals surface area contributed by atoms with Crippen LogP contribution in [0.2, 0.25) is 0 Å². The Balaban J connectivity index is 2.50. The molecule has 0 amide bonds. The second-order valence-corrected chi connectivity index (χ2v) is 4.54. The molecule has 0 bridgehead atoms. The fourth-order valence-corrected chi connectivity index (χ4v) is 1.81. The lowest BCUT2D eigenvalue weighted by Gasteiger charge is -2.08. The van der Waals surface area contributed by atoms with Crippen LogP contribution < -0.4 is 5.73 Å². The number of hydrogen-bond acceptors (Lipinski definition) is 3. The number of nitrogens with two attached hydrogens (primary N) is 1. The van der Waals surface area contributed by atoms with E-state index in [0.29, 0.717) is 11.5 Å². The van der Waals surface area contributed by atoms with Gasteiger partial charge in [-0.2, -0.15) is 13.2 Å². The van der Waals surface area contributed by atoms with Crippen molar-refractivity contribution in [2.75, 3.05) is 5.73 Å². The molecule has 0 radical (unpaired) electrons. The first-order valence-electron chi connectivity index (χ1n) is 5.73. The van der Waals surface area contributed by atoms with Crippen LogP contribution in [0.3, 0.4) is 0 Å². The van der Waals surface area contributed by atoms with E-state index in [-0.39, 0.29) is 11.4 Å². The van der Waals surface area contributed by atoms with Crippen molar-refractivity contribution < 1.29 is 17.7 Å². The van der Waals surface area contributed by atoms with E-state index < -0.39 is 11.9 Å². The number of halogens is 3. The third-order valence-electron chi connectivity index (χ3n) is 2.85. The molecule has 0 saturated heterocycles. The first-order valence-corrected chi connectivity index (χ1v) is 5.73. The average molecular weight is 270 g/mol. The predicted octanol–water partition coefficient (Wildman–Crippen LogP) is 4.07. The molecule has 2 aromatic rings. The molecule has 19 heavy (non-hydrogen) atoms. The topological polar surface area (TPSA) is 52.0 Å². The Kier molecular flexibility index (Phi) is 3.26. The van der Waals surface area contributed by atoms with Crippen LogP contribution in [-0.4, -0.2) is 5.16 Å². The summed E-state index contributed by atoms with van der Waals surface area (Å²) >= 11 is 0. The third-order valence-corrected chi connectivity index (χ3v) is 2.85. The smallest absolute Gasteiger partial charge is 0.367 e. The number of rotatable bonds is 2. The number of aromatic nitrogens is 1. The van der Waals surface area contributed by atoms with Crippen molar-refractivity contribution in [2.24, 2.45) is 0 Å². The van der Waals surface area contributed by atoms with Gasteiger partial charge in [-0.25, -0.2) is 0 Å². The zero-order valence-corrected chi connectivity index (χ0v) is 10.5. The second kappa shape index (κ2) is 4.60. The van der Waals surface area contributed by atoms with Crippen LogP contribution in [0, 0.1) is 0 Å². The lowest BCUT2D eigenvalue weighted by Crippen LogP contribution is -2.07. The van der Waals surface area contributed by atoms with E-state index in [0.717, 1.165) is 5.56 Å². The molecule has 2 N–H and O–H groups in total. The molecule has 0 aliphatic heterocycles. The maximum Gasteiger partial charge on any atom is 0.437 e. The fourth-order valence-electron chi connectivity index (χ4n) is 1.81. The third kappa shape index (κ3) is 2.57. The highest BCUT2D eigenvalue weighted by atomic mass is 19.4. The Labute approximate surface area is 108 Å². The van der Waals surface area contributed by atoms with Crippen LogP contribution in [0.4, 0.5) is 19.1 Å². The van der Waals surface area contributed by atoms with E-state index in [1.807, 2.05) is 13.8 Å². The van der Waals surface area contributed by atoms with E-state index in [1.165, 1.54) is 0 Å². The first kappa shape index (κ1) is 13.5. The summed E-state index contributed by atoms with van der Waals surface area (Å²) in [7, 11) is 0. The molecule has 1 aromatic carbocycles. The number of nitrogens with zero attached hydrogens (tertiary/aromatic N) is 1. The van der Waals surface area contributed by atoms with Gasteiger partial charge in [-0.1, -0.05) is 43.3 Å². The van der Waals surface area contributed by atoms with Crippen molar-refractivity contribution in [3.63, 3.8) is 0 Å². The normalized spacial score (nSPS) is 12.1. The van der Waals surface area contributed by atoms with Crippen molar-refractivity contribution in [1.82, 2.24) is 5.16 Å². The molecule has 0 spiro atoms. The predicted molar refractivity (Wildman–Crippen MR) is 65.4 cm³/mol. The van der Waals surface area contributed by atoms with Crippen LogP contribution in [0.15, 0.2) is 28.8 Å². The van der Waals surface area contributed by atoms with Crippen LogP contribution in [0.25, 0.3) is 11.1 Å². The fraction of sp³-hybridized carbons (Fsp3) is 0.308. The number of benzene rings is 1. The first-order chi connectivity index (χ1) is 8.80. The van der Waals surface area contributed by atoms with Crippen molar-refractivity contribution >= 4 is 5.88 Å². The van der Waals surface area contributed by atoms with Gasteiger partial charge in [0.1, 0.15) is 0 Å². The maximum absolute atomic E-state index is 12.8.